The lowest BCUT2D eigenvalue weighted by Gasteiger charge is -2.32. The maximum Gasteiger partial charge on any atom is 0.225 e. The molecule has 3 nitrogen and oxygen atoms in total. The van der Waals surface area contributed by atoms with Gasteiger partial charge in [0.25, 0.3) is 0 Å². The molecule has 2 aliphatic rings. The van der Waals surface area contributed by atoms with Crippen molar-refractivity contribution in [3.05, 3.63) is 35.4 Å². The molecule has 1 saturated carbocycles. The van der Waals surface area contributed by atoms with Crippen LogP contribution in [0.5, 0.6) is 0 Å². The van der Waals surface area contributed by atoms with E-state index in [0.29, 0.717) is 12.5 Å². The molecule has 1 aromatic carbocycles. The minimum Gasteiger partial charge on any atom is -0.331 e. The molecule has 2 unspecified atom stereocenters. The average molecular weight is 258 g/mol. The smallest absolute Gasteiger partial charge is 0.225 e. The molecule has 2 N–H and O–H groups in total. The van der Waals surface area contributed by atoms with Gasteiger partial charge in [-0.2, -0.15) is 0 Å². The third kappa shape index (κ3) is 2.27. The molecule has 3 rings (SSSR count). The van der Waals surface area contributed by atoms with Gasteiger partial charge in [-0.3, -0.25) is 4.79 Å². The molecule has 0 spiro atoms. The van der Waals surface area contributed by atoms with E-state index in [1.807, 2.05) is 0 Å². The Balaban J connectivity index is 1.91. The number of amides is 1. The van der Waals surface area contributed by atoms with Crippen molar-refractivity contribution >= 4 is 5.91 Å². The summed E-state index contributed by atoms with van der Waals surface area (Å²) in [5.41, 5.74) is 8.67. The Labute approximate surface area is 114 Å². The second kappa shape index (κ2) is 4.97. The molecule has 2 atom stereocenters. The first-order valence-corrected chi connectivity index (χ1v) is 7.30. The van der Waals surface area contributed by atoms with Crippen LogP contribution < -0.4 is 5.73 Å². The summed E-state index contributed by atoms with van der Waals surface area (Å²) in [5, 5.41) is 0. The first-order valence-electron chi connectivity index (χ1n) is 7.30. The van der Waals surface area contributed by atoms with Gasteiger partial charge < -0.3 is 10.6 Å². The van der Waals surface area contributed by atoms with Crippen LogP contribution >= 0.6 is 0 Å². The molecule has 102 valence electrons. The molecular formula is C16H22N2O. The van der Waals surface area contributed by atoms with Gasteiger partial charge in [-0.05, 0) is 25.3 Å². The first-order chi connectivity index (χ1) is 9.16. The van der Waals surface area contributed by atoms with Gasteiger partial charge in [0, 0.05) is 18.5 Å². The van der Waals surface area contributed by atoms with E-state index in [-0.39, 0.29) is 18.0 Å². The van der Waals surface area contributed by atoms with Gasteiger partial charge in [-0.1, -0.05) is 42.7 Å². The Kier molecular flexibility index (Phi) is 3.31. The number of aryl methyl sites for hydroxylation is 1. The van der Waals surface area contributed by atoms with E-state index in [4.69, 9.17) is 5.73 Å². The minimum atomic E-state index is -0.0594. The Bertz CT molecular complexity index is 462. The standard InChI is InChI=1S/C16H22N2O/c1-11-6-8-12(9-7-11)16-14(17)10-15(19)18(16)13-4-2-3-5-13/h6-9,13-14,16H,2-5,10,17H2,1H3. The number of hydrogen-bond acceptors (Lipinski definition) is 2. The number of nitrogens with two attached hydrogens (primary N) is 1. The predicted molar refractivity (Wildman–Crippen MR) is 75.6 cm³/mol. The van der Waals surface area contributed by atoms with Crippen LogP contribution in [0.4, 0.5) is 0 Å². The number of rotatable bonds is 2. The van der Waals surface area contributed by atoms with Crippen molar-refractivity contribution in [3.8, 4) is 0 Å². The molecule has 1 aromatic rings. The molecule has 0 aromatic heterocycles. The summed E-state index contributed by atoms with van der Waals surface area (Å²) >= 11 is 0. The lowest BCUT2D eigenvalue weighted by Crippen LogP contribution is -2.39. The molecule has 1 amide bonds. The van der Waals surface area contributed by atoms with Crippen LogP contribution in [-0.2, 0) is 4.79 Å². The number of nitrogens with zero attached hydrogens (tertiary/aromatic N) is 1. The van der Waals surface area contributed by atoms with Gasteiger partial charge in [0.15, 0.2) is 0 Å². The summed E-state index contributed by atoms with van der Waals surface area (Å²) in [6, 6.07) is 8.90. The normalized spacial score (nSPS) is 28.3. The Morgan fingerprint density at radius 1 is 1.16 bits per heavy atom. The predicted octanol–water partition coefficient (Wildman–Crippen LogP) is 2.54. The van der Waals surface area contributed by atoms with Crippen molar-refractivity contribution in [2.45, 2.75) is 57.2 Å². The molecule has 19 heavy (non-hydrogen) atoms. The zero-order chi connectivity index (χ0) is 13.4. The molecule has 0 radical (unpaired) electrons. The van der Waals surface area contributed by atoms with Gasteiger partial charge in [-0.15, -0.1) is 0 Å². The highest BCUT2D eigenvalue weighted by atomic mass is 16.2. The largest absolute Gasteiger partial charge is 0.331 e. The quantitative estimate of drug-likeness (QED) is 0.886. The van der Waals surface area contributed by atoms with Gasteiger partial charge in [0.05, 0.1) is 6.04 Å². The van der Waals surface area contributed by atoms with E-state index in [0.717, 1.165) is 12.8 Å². The van der Waals surface area contributed by atoms with Gasteiger partial charge in [-0.25, -0.2) is 0 Å². The minimum absolute atomic E-state index is 0.0594. The van der Waals surface area contributed by atoms with Crippen LogP contribution in [0.1, 0.15) is 49.3 Å². The van der Waals surface area contributed by atoms with Crippen LogP contribution in [0.15, 0.2) is 24.3 Å². The second-order valence-corrected chi connectivity index (χ2v) is 5.96. The molecule has 1 saturated heterocycles. The molecule has 1 aliphatic heterocycles. The highest BCUT2D eigenvalue weighted by Gasteiger charge is 2.42. The van der Waals surface area contributed by atoms with Gasteiger partial charge in [0.2, 0.25) is 5.91 Å². The third-order valence-corrected chi connectivity index (χ3v) is 4.54. The highest BCUT2D eigenvalue weighted by Crippen LogP contribution is 2.38. The maximum absolute atomic E-state index is 12.3. The van der Waals surface area contributed by atoms with E-state index < -0.39 is 0 Å². The van der Waals surface area contributed by atoms with Crippen LogP contribution in [0.3, 0.4) is 0 Å². The summed E-state index contributed by atoms with van der Waals surface area (Å²) in [4.78, 5) is 14.4. The van der Waals surface area contributed by atoms with E-state index in [1.54, 1.807) is 0 Å². The molecular weight excluding hydrogens is 236 g/mol. The monoisotopic (exact) mass is 258 g/mol. The maximum atomic E-state index is 12.3. The molecule has 0 bridgehead atoms. The number of carbonyl (C=O) groups excluding carboxylic acids is 1. The summed E-state index contributed by atoms with van der Waals surface area (Å²) in [5.74, 6) is 0.241. The SMILES string of the molecule is Cc1ccc(C2C(N)CC(=O)N2C2CCCC2)cc1. The van der Waals surface area contributed by atoms with Gasteiger partial charge in [0.1, 0.15) is 0 Å². The van der Waals surface area contributed by atoms with E-state index >= 15 is 0 Å². The lowest BCUT2D eigenvalue weighted by molar-refractivity contribution is -0.131. The zero-order valence-electron chi connectivity index (χ0n) is 11.5. The molecule has 1 heterocycles. The fraction of sp³-hybridized carbons (Fsp3) is 0.562. The van der Waals surface area contributed by atoms with E-state index in [1.165, 1.54) is 24.0 Å². The Morgan fingerprint density at radius 2 is 1.79 bits per heavy atom. The summed E-state index contributed by atoms with van der Waals surface area (Å²) in [6.45, 7) is 2.08. The number of likely N-dealkylation sites (tertiary alicyclic amines) is 1. The zero-order valence-corrected chi connectivity index (χ0v) is 11.5. The van der Waals surface area contributed by atoms with Crippen LogP contribution in [0.25, 0.3) is 0 Å². The van der Waals surface area contributed by atoms with Crippen LogP contribution in [-0.4, -0.2) is 22.9 Å². The first kappa shape index (κ1) is 12.7. The van der Waals surface area contributed by atoms with E-state index in [9.17, 15) is 4.79 Å². The third-order valence-electron chi connectivity index (χ3n) is 4.54. The topological polar surface area (TPSA) is 46.3 Å². The highest BCUT2D eigenvalue weighted by molar-refractivity contribution is 5.80. The van der Waals surface area contributed by atoms with Crippen molar-refractivity contribution in [3.63, 3.8) is 0 Å². The van der Waals surface area contributed by atoms with E-state index in [2.05, 4.69) is 36.1 Å². The Hall–Kier alpha value is -1.35. The molecule has 3 heteroatoms. The fourth-order valence-electron chi connectivity index (χ4n) is 3.56. The van der Waals surface area contributed by atoms with Crippen molar-refractivity contribution in [1.82, 2.24) is 4.90 Å². The van der Waals surface area contributed by atoms with Crippen molar-refractivity contribution in [2.24, 2.45) is 5.73 Å². The fourth-order valence-corrected chi connectivity index (χ4v) is 3.56. The number of benzene rings is 1. The molecule has 2 fully saturated rings. The number of hydrogen-bond donors (Lipinski definition) is 1. The van der Waals surface area contributed by atoms with Crippen molar-refractivity contribution in [2.75, 3.05) is 0 Å². The summed E-state index contributed by atoms with van der Waals surface area (Å²) in [6.07, 6.45) is 5.26. The van der Waals surface area contributed by atoms with Crippen LogP contribution in [0.2, 0.25) is 0 Å². The summed E-state index contributed by atoms with van der Waals surface area (Å²) < 4.78 is 0. The van der Waals surface area contributed by atoms with Crippen molar-refractivity contribution in [1.29, 1.82) is 0 Å². The summed E-state index contributed by atoms with van der Waals surface area (Å²) in [7, 11) is 0. The number of carbonyl (C=O) groups is 1. The molecule has 1 aliphatic carbocycles. The van der Waals surface area contributed by atoms with Crippen LogP contribution in [0, 0.1) is 6.92 Å². The van der Waals surface area contributed by atoms with Crippen molar-refractivity contribution < 1.29 is 4.79 Å². The average Bonchev–Trinajstić information content (AvgIpc) is 2.98. The van der Waals surface area contributed by atoms with Gasteiger partial charge >= 0.3 is 0 Å². The lowest BCUT2D eigenvalue weighted by atomic mass is 9.98. The second-order valence-electron chi connectivity index (χ2n) is 5.96. The Morgan fingerprint density at radius 3 is 2.42 bits per heavy atom.